The van der Waals surface area contributed by atoms with E-state index in [1.54, 1.807) is 4.90 Å². The third kappa shape index (κ3) is 3.65. The van der Waals surface area contributed by atoms with Gasteiger partial charge in [0.2, 0.25) is 0 Å². The van der Waals surface area contributed by atoms with Crippen molar-refractivity contribution in [1.82, 2.24) is 24.8 Å². The van der Waals surface area contributed by atoms with Crippen molar-refractivity contribution >= 4 is 22.8 Å². The molecule has 0 bridgehead atoms. The van der Waals surface area contributed by atoms with Gasteiger partial charge < -0.3 is 10.2 Å². The van der Waals surface area contributed by atoms with Gasteiger partial charge in [0.1, 0.15) is 5.82 Å². The molecule has 0 aliphatic carbocycles. The lowest BCUT2D eigenvalue weighted by Gasteiger charge is -2.16. The van der Waals surface area contributed by atoms with Crippen LogP contribution >= 0.6 is 0 Å². The SMILES string of the molecule is Cc1nc2ccc(NC(=O)N3Cc4cnc(CC(C)C)nc4C3)cc2nc1C. The first-order valence-corrected chi connectivity index (χ1v) is 9.53. The molecule has 3 heterocycles. The lowest BCUT2D eigenvalue weighted by molar-refractivity contribution is 0.212. The number of rotatable bonds is 3. The zero-order valence-electron chi connectivity index (χ0n) is 16.7. The number of carbonyl (C=O) groups is 1. The van der Waals surface area contributed by atoms with Crippen molar-refractivity contribution < 1.29 is 4.79 Å². The van der Waals surface area contributed by atoms with Gasteiger partial charge in [-0.1, -0.05) is 13.8 Å². The van der Waals surface area contributed by atoms with Gasteiger partial charge >= 0.3 is 6.03 Å². The van der Waals surface area contributed by atoms with Crippen molar-refractivity contribution in [3.63, 3.8) is 0 Å². The maximum Gasteiger partial charge on any atom is 0.322 e. The average Bonchev–Trinajstić information content (AvgIpc) is 3.06. The Morgan fingerprint density at radius 2 is 1.86 bits per heavy atom. The molecule has 144 valence electrons. The van der Waals surface area contributed by atoms with Gasteiger partial charge in [-0.25, -0.2) is 24.7 Å². The number of aromatic nitrogens is 4. The van der Waals surface area contributed by atoms with E-state index in [1.165, 1.54) is 0 Å². The van der Waals surface area contributed by atoms with E-state index in [2.05, 4.69) is 39.1 Å². The van der Waals surface area contributed by atoms with Gasteiger partial charge in [0.25, 0.3) is 0 Å². The van der Waals surface area contributed by atoms with E-state index in [-0.39, 0.29) is 6.03 Å². The Morgan fingerprint density at radius 1 is 1.11 bits per heavy atom. The predicted molar refractivity (Wildman–Crippen MR) is 108 cm³/mol. The molecule has 2 amide bonds. The number of benzene rings is 1. The summed E-state index contributed by atoms with van der Waals surface area (Å²) in [5, 5.41) is 2.96. The van der Waals surface area contributed by atoms with Gasteiger partial charge in [-0.05, 0) is 38.0 Å². The van der Waals surface area contributed by atoms with E-state index in [0.29, 0.717) is 24.7 Å². The molecule has 0 saturated carbocycles. The van der Waals surface area contributed by atoms with E-state index >= 15 is 0 Å². The fourth-order valence-electron chi connectivity index (χ4n) is 3.31. The molecular formula is C21H24N6O. The summed E-state index contributed by atoms with van der Waals surface area (Å²) in [7, 11) is 0. The standard InChI is InChI=1S/C21H24N6O/c1-12(2)7-20-22-9-15-10-27(11-19(15)26-20)21(28)25-16-5-6-17-18(8-16)24-14(4)13(3)23-17/h5-6,8-9,12H,7,10-11H2,1-4H3,(H,25,28). The number of carbonyl (C=O) groups excluding carboxylic acids is 1. The van der Waals surface area contributed by atoms with Crippen molar-refractivity contribution in [2.24, 2.45) is 5.92 Å². The first-order chi connectivity index (χ1) is 13.4. The van der Waals surface area contributed by atoms with Crippen LogP contribution in [0.15, 0.2) is 24.4 Å². The highest BCUT2D eigenvalue weighted by Crippen LogP contribution is 2.23. The zero-order chi connectivity index (χ0) is 19.8. The maximum atomic E-state index is 12.7. The molecule has 2 aromatic heterocycles. The summed E-state index contributed by atoms with van der Waals surface area (Å²) in [5.74, 6) is 1.34. The molecular weight excluding hydrogens is 352 g/mol. The summed E-state index contributed by atoms with van der Waals surface area (Å²) < 4.78 is 0. The van der Waals surface area contributed by atoms with Crippen LogP contribution in [0.1, 0.15) is 42.3 Å². The Labute approximate surface area is 164 Å². The van der Waals surface area contributed by atoms with Crippen LogP contribution in [0.5, 0.6) is 0 Å². The van der Waals surface area contributed by atoms with Gasteiger partial charge in [0, 0.05) is 23.9 Å². The highest BCUT2D eigenvalue weighted by molar-refractivity contribution is 5.92. The zero-order valence-corrected chi connectivity index (χ0v) is 16.7. The number of anilines is 1. The second-order valence-corrected chi connectivity index (χ2v) is 7.74. The van der Waals surface area contributed by atoms with E-state index in [0.717, 1.165) is 45.9 Å². The molecule has 0 saturated heterocycles. The number of urea groups is 1. The predicted octanol–water partition coefficient (Wildman–Crippen LogP) is 3.78. The summed E-state index contributed by atoms with van der Waals surface area (Å²) in [5.41, 5.74) is 6.06. The number of fused-ring (bicyclic) bond motifs is 2. The third-order valence-corrected chi connectivity index (χ3v) is 4.91. The summed E-state index contributed by atoms with van der Waals surface area (Å²) in [6, 6.07) is 5.44. The molecule has 1 aromatic carbocycles. The Balaban J connectivity index is 1.48. The summed E-state index contributed by atoms with van der Waals surface area (Å²) in [4.78, 5) is 32.6. The molecule has 1 aliphatic heterocycles. The second kappa shape index (κ2) is 7.14. The van der Waals surface area contributed by atoms with Gasteiger partial charge in [0.15, 0.2) is 0 Å². The minimum absolute atomic E-state index is 0.153. The maximum absolute atomic E-state index is 12.7. The number of nitrogens with one attached hydrogen (secondary N) is 1. The Kier molecular flexibility index (Phi) is 4.66. The Morgan fingerprint density at radius 3 is 2.61 bits per heavy atom. The lowest BCUT2D eigenvalue weighted by atomic mass is 10.1. The number of amides is 2. The average molecular weight is 376 g/mol. The van der Waals surface area contributed by atoms with E-state index in [4.69, 9.17) is 0 Å². The van der Waals surface area contributed by atoms with Crippen LogP contribution in [0.4, 0.5) is 10.5 Å². The van der Waals surface area contributed by atoms with Crippen molar-refractivity contribution in [3.8, 4) is 0 Å². The summed E-state index contributed by atoms with van der Waals surface area (Å²) in [6.07, 6.45) is 2.69. The van der Waals surface area contributed by atoms with Crippen molar-refractivity contribution in [3.05, 3.63) is 52.9 Å². The van der Waals surface area contributed by atoms with Crippen molar-refractivity contribution in [2.45, 2.75) is 47.2 Å². The molecule has 0 atom stereocenters. The molecule has 0 spiro atoms. The van der Waals surface area contributed by atoms with Gasteiger partial charge in [-0.15, -0.1) is 0 Å². The minimum Gasteiger partial charge on any atom is -0.314 e. The number of aryl methyl sites for hydroxylation is 2. The highest BCUT2D eigenvalue weighted by atomic mass is 16.2. The molecule has 7 nitrogen and oxygen atoms in total. The van der Waals surface area contributed by atoms with Crippen LogP contribution in [0.3, 0.4) is 0 Å². The molecule has 0 radical (unpaired) electrons. The quantitative estimate of drug-likeness (QED) is 0.752. The second-order valence-electron chi connectivity index (χ2n) is 7.74. The van der Waals surface area contributed by atoms with E-state index in [9.17, 15) is 4.79 Å². The number of nitrogens with zero attached hydrogens (tertiary/aromatic N) is 5. The highest BCUT2D eigenvalue weighted by Gasteiger charge is 2.25. The van der Waals surface area contributed by atoms with Crippen LogP contribution in [0, 0.1) is 19.8 Å². The topological polar surface area (TPSA) is 83.9 Å². The normalized spacial score (nSPS) is 13.2. The Bertz CT molecular complexity index is 1060. The number of hydrogen-bond acceptors (Lipinski definition) is 5. The molecule has 4 rings (SSSR count). The van der Waals surface area contributed by atoms with E-state index in [1.807, 2.05) is 38.2 Å². The van der Waals surface area contributed by atoms with E-state index < -0.39 is 0 Å². The van der Waals surface area contributed by atoms with Crippen molar-refractivity contribution in [2.75, 3.05) is 5.32 Å². The summed E-state index contributed by atoms with van der Waals surface area (Å²) in [6.45, 7) is 9.19. The van der Waals surface area contributed by atoms with Crippen LogP contribution in [-0.4, -0.2) is 30.9 Å². The van der Waals surface area contributed by atoms with Crippen LogP contribution < -0.4 is 5.32 Å². The third-order valence-electron chi connectivity index (χ3n) is 4.91. The smallest absolute Gasteiger partial charge is 0.314 e. The molecule has 0 unspecified atom stereocenters. The fourth-order valence-corrected chi connectivity index (χ4v) is 3.31. The van der Waals surface area contributed by atoms with Crippen LogP contribution in [0.2, 0.25) is 0 Å². The first kappa shape index (κ1) is 18.3. The van der Waals surface area contributed by atoms with Gasteiger partial charge in [-0.3, -0.25) is 0 Å². The lowest BCUT2D eigenvalue weighted by Crippen LogP contribution is -2.30. The molecule has 1 N–H and O–H groups in total. The molecule has 3 aromatic rings. The molecule has 1 aliphatic rings. The van der Waals surface area contributed by atoms with Gasteiger partial charge in [0.05, 0.1) is 41.2 Å². The molecule has 7 heteroatoms. The monoisotopic (exact) mass is 376 g/mol. The van der Waals surface area contributed by atoms with Crippen LogP contribution in [0.25, 0.3) is 11.0 Å². The molecule has 28 heavy (non-hydrogen) atoms. The largest absolute Gasteiger partial charge is 0.322 e. The summed E-state index contributed by atoms with van der Waals surface area (Å²) >= 11 is 0. The minimum atomic E-state index is -0.153. The molecule has 0 fully saturated rings. The van der Waals surface area contributed by atoms with Gasteiger partial charge in [-0.2, -0.15) is 0 Å². The fraction of sp³-hybridized carbons (Fsp3) is 0.381. The Hall–Kier alpha value is -3.09. The van der Waals surface area contributed by atoms with Crippen molar-refractivity contribution in [1.29, 1.82) is 0 Å². The number of hydrogen-bond donors (Lipinski definition) is 1. The van der Waals surface area contributed by atoms with Crippen LogP contribution in [-0.2, 0) is 19.5 Å². The first-order valence-electron chi connectivity index (χ1n) is 9.53.